The van der Waals surface area contributed by atoms with E-state index in [4.69, 9.17) is 9.47 Å². The van der Waals surface area contributed by atoms with Crippen molar-refractivity contribution in [2.75, 3.05) is 6.61 Å². The van der Waals surface area contributed by atoms with Crippen molar-refractivity contribution in [3.8, 4) is 0 Å². The van der Waals surface area contributed by atoms with Gasteiger partial charge in [-0.05, 0) is 63.8 Å². The molecule has 7 heteroatoms. The van der Waals surface area contributed by atoms with Crippen LogP contribution in [0, 0.1) is 5.92 Å². The van der Waals surface area contributed by atoms with Gasteiger partial charge in [0.15, 0.2) is 0 Å². The van der Waals surface area contributed by atoms with Crippen molar-refractivity contribution < 1.29 is 23.9 Å². The number of imide groups is 1. The Labute approximate surface area is 290 Å². The SMILES string of the molecule is C[C@@H](c1ccccc1)N(Cc1ccccc1)[C@@H](c1ccccc1)[C@@H](C(=O)OC(C)(C)C)[C@H](CC(=O)N1C(=O)OCC1(C)C)c1ccccc1. The molecule has 1 aliphatic rings. The number of amides is 2. The number of esters is 1. The lowest BCUT2D eigenvalue weighted by Gasteiger charge is -2.44. The van der Waals surface area contributed by atoms with Crippen LogP contribution in [0.4, 0.5) is 4.79 Å². The topological polar surface area (TPSA) is 76.2 Å². The summed E-state index contributed by atoms with van der Waals surface area (Å²) < 4.78 is 11.6. The first-order valence-electron chi connectivity index (χ1n) is 17.0. The molecular formula is C42H48N2O5. The second-order valence-electron chi connectivity index (χ2n) is 14.5. The summed E-state index contributed by atoms with van der Waals surface area (Å²) in [6.07, 6.45) is -0.770. The lowest BCUT2D eigenvalue weighted by Crippen LogP contribution is -2.48. The predicted molar refractivity (Wildman–Crippen MR) is 191 cm³/mol. The molecule has 0 aromatic heterocycles. The smallest absolute Gasteiger partial charge is 0.417 e. The molecule has 4 aromatic carbocycles. The molecule has 5 rings (SSSR count). The molecule has 0 bridgehead atoms. The summed E-state index contributed by atoms with van der Waals surface area (Å²) in [5.74, 6) is -2.32. The zero-order valence-corrected chi connectivity index (χ0v) is 29.4. The average Bonchev–Trinajstić information content (AvgIpc) is 3.37. The van der Waals surface area contributed by atoms with Crippen molar-refractivity contribution in [1.82, 2.24) is 9.80 Å². The van der Waals surface area contributed by atoms with E-state index in [1.807, 2.05) is 132 Å². The average molecular weight is 661 g/mol. The van der Waals surface area contributed by atoms with Crippen LogP contribution >= 0.6 is 0 Å². The van der Waals surface area contributed by atoms with Gasteiger partial charge in [-0.3, -0.25) is 14.5 Å². The van der Waals surface area contributed by atoms with Gasteiger partial charge in [0.05, 0.1) is 11.5 Å². The third-order valence-corrected chi connectivity index (χ3v) is 9.15. The Bertz CT molecular complexity index is 1690. The minimum Gasteiger partial charge on any atom is -0.460 e. The molecule has 2 amide bonds. The minimum absolute atomic E-state index is 0.102. The second-order valence-corrected chi connectivity index (χ2v) is 14.5. The fourth-order valence-corrected chi connectivity index (χ4v) is 6.82. The van der Waals surface area contributed by atoms with Gasteiger partial charge in [-0.2, -0.15) is 0 Å². The Kier molecular flexibility index (Phi) is 11.0. The van der Waals surface area contributed by atoms with Crippen LogP contribution in [0.1, 0.15) is 88.2 Å². The number of cyclic esters (lactones) is 1. The largest absolute Gasteiger partial charge is 0.460 e. The molecule has 0 unspecified atom stereocenters. The molecule has 0 N–H and O–H groups in total. The second kappa shape index (κ2) is 15.2. The zero-order chi connectivity index (χ0) is 35.2. The van der Waals surface area contributed by atoms with Crippen molar-refractivity contribution in [3.05, 3.63) is 144 Å². The number of hydrogen-bond donors (Lipinski definition) is 0. The van der Waals surface area contributed by atoms with Crippen LogP contribution in [-0.4, -0.2) is 45.5 Å². The van der Waals surface area contributed by atoms with E-state index in [9.17, 15) is 14.4 Å². The molecule has 0 aliphatic carbocycles. The van der Waals surface area contributed by atoms with Crippen LogP contribution in [-0.2, 0) is 25.6 Å². The van der Waals surface area contributed by atoms with Gasteiger partial charge in [-0.15, -0.1) is 0 Å². The van der Waals surface area contributed by atoms with Crippen molar-refractivity contribution in [2.45, 2.75) is 83.6 Å². The first-order valence-corrected chi connectivity index (χ1v) is 17.0. The van der Waals surface area contributed by atoms with E-state index in [0.717, 1.165) is 22.3 Å². The Morgan fingerprint density at radius 1 is 0.796 bits per heavy atom. The standard InChI is InChI=1S/C42H48N2O5/c1-30(32-21-13-8-14-22-32)43(28-31-19-11-7-12-20-31)38(34-25-17-10-18-26-34)37(39(46)49-41(2,3)4)35(33-23-15-9-16-24-33)27-36(45)44-40(47)48-29-42(44,5)6/h7-26,30,35,37-38H,27-29H2,1-6H3/t30-,35+,37-,38-/m0/s1. The summed E-state index contributed by atoms with van der Waals surface area (Å²) in [4.78, 5) is 45.7. The first-order chi connectivity index (χ1) is 23.4. The van der Waals surface area contributed by atoms with Crippen LogP contribution in [0.15, 0.2) is 121 Å². The van der Waals surface area contributed by atoms with Crippen LogP contribution < -0.4 is 0 Å². The molecule has 1 saturated heterocycles. The van der Waals surface area contributed by atoms with E-state index in [-0.39, 0.29) is 19.1 Å². The lowest BCUT2D eigenvalue weighted by atomic mass is 9.75. The summed E-state index contributed by atoms with van der Waals surface area (Å²) in [7, 11) is 0. The monoisotopic (exact) mass is 660 g/mol. The van der Waals surface area contributed by atoms with Gasteiger partial charge in [0.1, 0.15) is 12.2 Å². The Balaban J connectivity index is 1.74. The minimum atomic E-state index is -0.857. The molecule has 1 heterocycles. The molecule has 1 aliphatic heterocycles. The zero-order valence-electron chi connectivity index (χ0n) is 29.4. The summed E-state index contributed by atoms with van der Waals surface area (Å²) in [6, 6.07) is 39.5. The number of benzene rings is 4. The Morgan fingerprint density at radius 3 is 1.78 bits per heavy atom. The molecule has 49 heavy (non-hydrogen) atoms. The van der Waals surface area contributed by atoms with E-state index in [1.54, 1.807) is 0 Å². The van der Waals surface area contributed by atoms with Crippen LogP contribution in [0.5, 0.6) is 0 Å². The van der Waals surface area contributed by atoms with E-state index in [0.29, 0.717) is 6.54 Å². The highest BCUT2D eigenvalue weighted by Crippen LogP contribution is 2.46. The molecule has 1 fully saturated rings. The molecule has 0 spiro atoms. The predicted octanol–water partition coefficient (Wildman–Crippen LogP) is 8.88. The van der Waals surface area contributed by atoms with Crippen LogP contribution in [0.2, 0.25) is 0 Å². The third kappa shape index (κ3) is 8.65. The number of hydrogen-bond acceptors (Lipinski definition) is 6. The van der Waals surface area contributed by atoms with Crippen molar-refractivity contribution in [1.29, 1.82) is 0 Å². The van der Waals surface area contributed by atoms with Crippen LogP contribution in [0.3, 0.4) is 0 Å². The van der Waals surface area contributed by atoms with Gasteiger partial charge in [0, 0.05) is 31.0 Å². The van der Waals surface area contributed by atoms with Gasteiger partial charge in [-0.1, -0.05) is 121 Å². The number of ether oxygens (including phenoxy) is 2. The number of carbonyl (C=O) groups excluding carboxylic acids is 3. The maximum Gasteiger partial charge on any atom is 0.417 e. The highest BCUT2D eigenvalue weighted by Gasteiger charge is 2.48. The quantitative estimate of drug-likeness (QED) is 0.141. The maximum atomic E-state index is 14.9. The summed E-state index contributed by atoms with van der Waals surface area (Å²) in [6.45, 7) is 12.0. The van der Waals surface area contributed by atoms with Gasteiger partial charge < -0.3 is 9.47 Å². The van der Waals surface area contributed by atoms with E-state index in [1.165, 1.54) is 4.90 Å². The molecule has 0 radical (unpaired) electrons. The molecule has 256 valence electrons. The fraction of sp³-hybridized carbons (Fsp3) is 0.357. The molecule has 4 aromatic rings. The first kappa shape index (κ1) is 35.6. The van der Waals surface area contributed by atoms with Crippen molar-refractivity contribution >= 4 is 18.0 Å². The highest BCUT2D eigenvalue weighted by atomic mass is 16.6. The highest BCUT2D eigenvalue weighted by molar-refractivity contribution is 5.95. The number of carbonyl (C=O) groups is 3. The number of rotatable bonds is 12. The van der Waals surface area contributed by atoms with E-state index < -0.39 is 47.0 Å². The summed E-state index contributed by atoms with van der Waals surface area (Å²) in [5, 5.41) is 0. The van der Waals surface area contributed by atoms with Gasteiger partial charge in [-0.25, -0.2) is 9.69 Å². The fourth-order valence-electron chi connectivity index (χ4n) is 6.82. The van der Waals surface area contributed by atoms with Gasteiger partial charge in [0.2, 0.25) is 5.91 Å². The molecule has 0 saturated carbocycles. The lowest BCUT2D eigenvalue weighted by molar-refractivity contribution is -0.165. The molecule has 7 nitrogen and oxygen atoms in total. The van der Waals surface area contributed by atoms with Crippen molar-refractivity contribution in [3.63, 3.8) is 0 Å². The Morgan fingerprint density at radius 2 is 1.29 bits per heavy atom. The maximum absolute atomic E-state index is 14.9. The van der Waals surface area contributed by atoms with Gasteiger partial charge in [0.25, 0.3) is 0 Å². The number of nitrogens with zero attached hydrogens (tertiary/aromatic N) is 2. The van der Waals surface area contributed by atoms with Gasteiger partial charge >= 0.3 is 12.1 Å². The third-order valence-electron chi connectivity index (χ3n) is 9.15. The van der Waals surface area contributed by atoms with E-state index >= 15 is 0 Å². The Hall–Kier alpha value is -4.75. The molecule has 4 atom stereocenters. The normalized spacial score (nSPS) is 16.8. The van der Waals surface area contributed by atoms with Crippen molar-refractivity contribution in [2.24, 2.45) is 5.92 Å². The summed E-state index contributed by atoms with van der Waals surface area (Å²) in [5.41, 5.74) is 2.30. The van der Waals surface area contributed by atoms with Crippen LogP contribution in [0.25, 0.3) is 0 Å². The molecular weight excluding hydrogens is 612 g/mol. The van der Waals surface area contributed by atoms with E-state index in [2.05, 4.69) is 36.1 Å². The summed E-state index contributed by atoms with van der Waals surface area (Å²) >= 11 is 0.